The maximum Gasteiger partial charge on any atom is 0.263 e. The van der Waals surface area contributed by atoms with Crippen LogP contribution < -0.4 is 5.56 Å². The summed E-state index contributed by atoms with van der Waals surface area (Å²) in [6, 6.07) is 19.1. The first kappa shape index (κ1) is 16.2. The number of fused-ring (bicyclic) bond motifs is 3. The van der Waals surface area contributed by atoms with Gasteiger partial charge >= 0.3 is 0 Å². The van der Waals surface area contributed by atoms with Crippen LogP contribution >= 0.6 is 22.7 Å². The number of hydrogen-bond donors (Lipinski definition) is 1. The first-order valence-electron chi connectivity index (χ1n) is 8.45. The number of hydrogen-bond acceptors (Lipinski definition) is 5. The number of rotatable bonds is 3. The molecule has 0 radical (unpaired) electrons. The molecular formula is C21H14N2O2S2. The number of aromatic hydroxyl groups is 1. The Morgan fingerprint density at radius 2 is 1.85 bits per heavy atom. The average molecular weight is 390 g/mol. The van der Waals surface area contributed by atoms with E-state index >= 15 is 0 Å². The van der Waals surface area contributed by atoms with Crippen LogP contribution in [-0.4, -0.2) is 14.7 Å². The number of phenolic OH excluding ortho intramolecular Hbond substituents is 1. The van der Waals surface area contributed by atoms with E-state index in [1.807, 2.05) is 53.9 Å². The zero-order valence-electron chi connectivity index (χ0n) is 14.1. The van der Waals surface area contributed by atoms with Crippen LogP contribution in [-0.2, 0) is 6.54 Å². The van der Waals surface area contributed by atoms with Crippen molar-refractivity contribution in [3.63, 3.8) is 0 Å². The van der Waals surface area contributed by atoms with Gasteiger partial charge in [0.05, 0.1) is 21.5 Å². The van der Waals surface area contributed by atoms with Crippen LogP contribution in [0.4, 0.5) is 0 Å². The van der Waals surface area contributed by atoms with Gasteiger partial charge in [-0.15, -0.1) is 22.7 Å². The van der Waals surface area contributed by atoms with Gasteiger partial charge in [-0.2, -0.15) is 0 Å². The fraction of sp³-hybridized carbons (Fsp3) is 0.0476. The molecule has 0 unspecified atom stereocenters. The van der Waals surface area contributed by atoms with Crippen molar-refractivity contribution in [2.24, 2.45) is 0 Å². The van der Waals surface area contributed by atoms with Gasteiger partial charge < -0.3 is 5.11 Å². The summed E-state index contributed by atoms with van der Waals surface area (Å²) in [5.41, 5.74) is 0.963. The molecule has 0 aliphatic heterocycles. The molecule has 132 valence electrons. The van der Waals surface area contributed by atoms with Crippen molar-refractivity contribution in [3.05, 3.63) is 82.0 Å². The van der Waals surface area contributed by atoms with E-state index in [9.17, 15) is 9.90 Å². The first-order valence-corrected chi connectivity index (χ1v) is 10.1. The Labute approximate surface area is 162 Å². The molecule has 0 fully saturated rings. The lowest BCUT2D eigenvalue weighted by Gasteiger charge is -2.11. The SMILES string of the molecule is O=c1c2c(nc(-c3cccs3)n1Cc1ccccc1)sc1c(O)cccc12. The van der Waals surface area contributed by atoms with Crippen molar-refractivity contribution >= 4 is 43.0 Å². The van der Waals surface area contributed by atoms with E-state index in [0.29, 0.717) is 27.3 Å². The van der Waals surface area contributed by atoms with Gasteiger partial charge in [-0.3, -0.25) is 9.36 Å². The second-order valence-electron chi connectivity index (χ2n) is 6.23. The van der Waals surface area contributed by atoms with E-state index in [2.05, 4.69) is 0 Å². The van der Waals surface area contributed by atoms with E-state index in [1.165, 1.54) is 11.3 Å². The van der Waals surface area contributed by atoms with Crippen molar-refractivity contribution < 1.29 is 5.11 Å². The molecule has 0 bridgehead atoms. The highest BCUT2D eigenvalue weighted by Gasteiger charge is 2.19. The van der Waals surface area contributed by atoms with Crippen molar-refractivity contribution in [1.82, 2.24) is 9.55 Å². The number of nitrogens with zero attached hydrogens (tertiary/aromatic N) is 2. The highest BCUT2D eigenvalue weighted by atomic mass is 32.1. The topological polar surface area (TPSA) is 55.1 Å². The van der Waals surface area contributed by atoms with Crippen LogP contribution in [0.5, 0.6) is 5.75 Å². The van der Waals surface area contributed by atoms with Crippen molar-refractivity contribution in [1.29, 1.82) is 0 Å². The quantitative estimate of drug-likeness (QED) is 0.467. The Morgan fingerprint density at radius 1 is 1.00 bits per heavy atom. The molecule has 0 aliphatic carbocycles. The summed E-state index contributed by atoms with van der Waals surface area (Å²) < 4.78 is 2.44. The summed E-state index contributed by atoms with van der Waals surface area (Å²) in [5.74, 6) is 0.847. The van der Waals surface area contributed by atoms with Gasteiger partial charge in [0.1, 0.15) is 10.6 Å². The van der Waals surface area contributed by atoms with Gasteiger partial charge in [-0.25, -0.2) is 4.98 Å². The molecule has 0 aliphatic rings. The Kier molecular flexibility index (Phi) is 3.81. The molecule has 5 aromatic rings. The van der Waals surface area contributed by atoms with Crippen LogP contribution in [0.2, 0.25) is 0 Å². The standard InChI is InChI=1S/C21H14N2O2S2/c24-15-9-4-8-14-17-20(27-18(14)15)22-19(16-10-5-11-26-16)23(21(17)25)12-13-6-2-1-3-7-13/h1-11,24H,12H2. The fourth-order valence-electron chi connectivity index (χ4n) is 3.27. The van der Waals surface area contributed by atoms with Gasteiger partial charge in [-0.1, -0.05) is 48.5 Å². The maximum atomic E-state index is 13.5. The lowest BCUT2D eigenvalue weighted by molar-refractivity contribution is 0.482. The lowest BCUT2D eigenvalue weighted by Crippen LogP contribution is -2.23. The molecule has 3 heterocycles. The molecule has 0 saturated heterocycles. The molecule has 6 heteroatoms. The average Bonchev–Trinajstić information content (AvgIpc) is 3.33. The molecule has 3 aromatic heterocycles. The van der Waals surface area contributed by atoms with Crippen LogP contribution in [0.1, 0.15) is 5.56 Å². The van der Waals surface area contributed by atoms with Gasteiger partial charge in [0.2, 0.25) is 0 Å². The summed E-state index contributed by atoms with van der Waals surface area (Å²) in [7, 11) is 0. The summed E-state index contributed by atoms with van der Waals surface area (Å²) in [6.45, 7) is 0.450. The van der Waals surface area contributed by atoms with E-state index in [0.717, 1.165) is 15.8 Å². The normalized spacial score (nSPS) is 11.4. The molecule has 1 N–H and O–H groups in total. The van der Waals surface area contributed by atoms with E-state index in [4.69, 9.17) is 4.98 Å². The number of thiophene rings is 2. The predicted octanol–water partition coefficient (Wildman–Crippen LogP) is 5.09. The van der Waals surface area contributed by atoms with E-state index in [1.54, 1.807) is 28.0 Å². The largest absolute Gasteiger partial charge is 0.506 e. The summed E-state index contributed by atoms with van der Waals surface area (Å²) in [6.07, 6.45) is 0. The van der Waals surface area contributed by atoms with Gasteiger partial charge in [0, 0.05) is 5.39 Å². The predicted molar refractivity (Wildman–Crippen MR) is 112 cm³/mol. The summed E-state index contributed by atoms with van der Waals surface area (Å²) in [4.78, 5) is 19.9. The minimum atomic E-state index is -0.0795. The molecule has 4 nitrogen and oxygen atoms in total. The lowest BCUT2D eigenvalue weighted by atomic mass is 10.2. The number of benzene rings is 2. The van der Waals surface area contributed by atoms with Crippen molar-refractivity contribution in [2.45, 2.75) is 6.54 Å². The Bertz CT molecular complexity index is 1320. The third-order valence-electron chi connectivity index (χ3n) is 4.52. The molecule has 0 spiro atoms. The minimum absolute atomic E-state index is 0.0795. The third-order valence-corrected chi connectivity index (χ3v) is 6.51. The molecule has 0 amide bonds. The van der Waals surface area contributed by atoms with Crippen LogP contribution in [0.3, 0.4) is 0 Å². The van der Waals surface area contributed by atoms with Gasteiger partial charge in [0.25, 0.3) is 5.56 Å². The minimum Gasteiger partial charge on any atom is -0.506 e. The van der Waals surface area contributed by atoms with Crippen molar-refractivity contribution in [2.75, 3.05) is 0 Å². The second-order valence-corrected chi connectivity index (χ2v) is 8.17. The maximum absolute atomic E-state index is 13.5. The highest BCUT2D eigenvalue weighted by Crippen LogP contribution is 2.37. The van der Waals surface area contributed by atoms with Gasteiger partial charge in [0.15, 0.2) is 5.82 Å². The molecule has 0 atom stereocenters. The van der Waals surface area contributed by atoms with Gasteiger partial charge in [-0.05, 0) is 23.1 Å². The van der Waals surface area contributed by atoms with Crippen LogP contribution in [0.25, 0.3) is 31.0 Å². The second kappa shape index (κ2) is 6.33. The zero-order chi connectivity index (χ0) is 18.4. The van der Waals surface area contributed by atoms with Crippen LogP contribution in [0.15, 0.2) is 70.8 Å². The number of phenols is 1. The summed E-state index contributed by atoms with van der Waals surface area (Å²) in [5, 5.41) is 13.5. The summed E-state index contributed by atoms with van der Waals surface area (Å²) >= 11 is 2.92. The van der Waals surface area contributed by atoms with Crippen molar-refractivity contribution in [3.8, 4) is 16.5 Å². The Balaban J connectivity index is 1.86. The van der Waals surface area contributed by atoms with Crippen LogP contribution in [0, 0.1) is 0 Å². The molecule has 2 aromatic carbocycles. The molecular weight excluding hydrogens is 376 g/mol. The highest BCUT2D eigenvalue weighted by molar-refractivity contribution is 7.25. The zero-order valence-corrected chi connectivity index (χ0v) is 15.8. The Hall–Kier alpha value is -2.96. The Morgan fingerprint density at radius 3 is 2.63 bits per heavy atom. The fourth-order valence-corrected chi connectivity index (χ4v) is 5.07. The van der Waals surface area contributed by atoms with E-state index in [-0.39, 0.29) is 11.3 Å². The number of aromatic nitrogens is 2. The molecule has 27 heavy (non-hydrogen) atoms. The third kappa shape index (κ3) is 2.65. The smallest absolute Gasteiger partial charge is 0.263 e. The molecule has 0 saturated carbocycles. The monoisotopic (exact) mass is 390 g/mol. The van der Waals surface area contributed by atoms with E-state index < -0.39 is 0 Å². The first-order chi connectivity index (χ1) is 13.2. The molecule has 5 rings (SSSR count).